The van der Waals surface area contributed by atoms with E-state index in [1.807, 2.05) is 42.5 Å². The summed E-state index contributed by atoms with van der Waals surface area (Å²) in [5.74, 6) is -0.290. The summed E-state index contributed by atoms with van der Waals surface area (Å²) in [4.78, 5) is 24.7. The molecule has 0 spiro atoms. The number of hydrogen-bond donors (Lipinski definition) is 0. The Labute approximate surface area is 173 Å². The number of carbonyl (C=O) groups is 2. The lowest BCUT2D eigenvalue weighted by Gasteiger charge is -2.06. The number of hydrogen-bond acceptors (Lipinski definition) is 2. The molecule has 2 nitrogen and oxygen atoms in total. The highest BCUT2D eigenvalue weighted by Gasteiger charge is 2.13. The van der Waals surface area contributed by atoms with Crippen LogP contribution in [0.4, 0.5) is 0 Å². The highest BCUT2D eigenvalue weighted by atomic mass is 16.1. The van der Waals surface area contributed by atoms with Gasteiger partial charge in [0.25, 0.3) is 0 Å². The first kappa shape index (κ1) is 20.7. The van der Waals surface area contributed by atoms with E-state index in [2.05, 4.69) is 31.2 Å². The Morgan fingerprint density at radius 3 is 1.76 bits per heavy atom. The summed E-state index contributed by atoms with van der Waals surface area (Å²) in [6.45, 7) is 2.23. The van der Waals surface area contributed by atoms with Gasteiger partial charge in [-0.2, -0.15) is 0 Å². The number of aryl methyl sites for hydroxylation is 1. The molecule has 0 unspecified atom stereocenters. The van der Waals surface area contributed by atoms with Gasteiger partial charge in [0.1, 0.15) is 0 Å². The molecule has 0 saturated heterocycles. The van der Waals surface area contributed by atoms with Crippen LogP contribution in [0.25, 0.3) is 11.1 Å². The van der Waals surface area contributed by atoms with Gasteiger partial charge in [-0.3, -0.25) is 9.59 Å². The first-order valence-electron chi connectivity index (χ1n) is 10.5. The van der Waals surface area contributed by atoms with E-state index in [0.717, 1.165) is 17.5 Å². The Bertz CT molecular complexity index is 923. The summed E-state index contributed by atoms with van der Waals surface area (Å²) >= 11 is 0. The van der Waals surface area contributed by atoms with E-state index >= 15 is 0 Å². The van der Waals surface area contributed by atoms with Crippen LogP contribution in [0, 0.1) is 0 Å². The molecule has 0 saturated carbocycles. The summed E-state index contributed by atoms with van der Waals surface area (Å²) in [6, 6.07) is 25.2. The third-order valence-corrected chi connectivity index (χ3v) is 5.23. The molecule has 2 heteroatoms. The second kappa shape index (κ2) is 10.5. The van der Waals surface area contributed by atoms with E-state index in [9.17, 15) is 9.59 Å². The fraction of sp³-hybridized carbons (Fsp3) is 0.259. The van der Waals surface area contributed by atoms with Crippen molar-refractivity contribution in [2.24, 2.45) is 0 Å². The Balaban J connectivity index is 1.59. The Morgan fingerprint density at radius 2 is 1.17 bits per heavy atom. The molecule has 0 fully saturated rings. The van der Waals surface area contributed by atoms with Crippen molar-refractivity contribution in [3.05, 3.63) is 95.6 Å². The molecular weight excluding hydrogens is 356 g/mol. The monoisotopic (exact) mass is 384 g/mol. The highest BCUT2D eigenvalue weighted by Crippen LogP contribution is 2.22. The van der Waals surface area contributed by atoms with Crippen molar-refractivity contribution in [2.45, 2.75) is 45.4 Å². The molecule has 29 heavy (non-hydrogen) atoms. The maximum absolute atomic E-state index is 12.4. The average Bonchev–Trinajstić information content (AvgIpc) is 2.78. The second-order valence-corrected chi connectivity index (χ2v) is 7.47. The summed E-state index contributed by atoms with van der Waals surface area (Å²) in [5, 5.41) is 0. The lowest BCUT2D eigenvalue weighted by atomic mass is 9.98. The van der Waals surface area contributed by atoms with Crippen LogP contribution in [0.3, 0.4) is 0 Å². The third kappa shape index (κ3) is 5.99. The van der Waals surface area contributed by atoms with Gasteiger partial charge in [0.15, 0.2) is 11.6 Å². The molecule has 0 heterocycles. The van der Waals surface area contributed by atoms with E-state index in [-0.39, 0.29) is 18.0 Å². The number of unbranched alkanes of at least 4 members (excludes halogenated alkanes) is 3. The zero-order chi connectivity index (χ0) is 20.5. The van der Waals surface area contributed by atoms with E-state index in [4.69, 9.17) is 0 Å². The van der Waals surface area contributed by atoms with Gasteiger partial charge >= 0.3 is 0 Å². The van der Waals surface area contributed by atoms with Gasteiger partial charge in [-0.05, 0) is 29.5 Å². The molecule has 0 aliphatic rings. The van der Waals surface area contributed by atoms with E-state index in [1.165, 1.54) is 31.2 Å². The third-order valence-electron chi connectivity index (χ3n) is 5.23. The van der Waals surface area contributed by atoms with Gasteiger partial charge in [0.05, 0.1) is 6.42 Å². The van der Waals surface area contributed by atoms with Crippen LogP contribution in [-0.4, -0.2) is 11.6 Å². The van der Waals surface area contributed by atoms with Gasteiger partial charge in [-0.15, -0.1) is 0 Å². The standard InChI is InChI=1S/C27H28O2/c1-2-3-4-6-9-21-12-14-22(15-13-21)23-16-18-25(19-17-23)27(29)20-26(28)24-10-7-5-8-11-24/h5,7-8,10-19H,2-4,6,9,20H2,1H3. The molecule has 3 aromatic carbocycles. The molecule has 0 aliphatic carbocycles. The smallest absolute Gasteiger partial charge is 0.170 e. The minimum atomic E-state index is -0.146. The molecule has 148 valence electrons. The van der Waals surface area contributed by atoms with Gasteiger partial charge in [-0.25, -0.2) is 0 Å². The Kier molecular flexibility index (Phi) is 7.52. The first-order valence-corrected chi connectivity index (χ1v) is 10.5. The number of benzene rings is 3. The largest absolute Gasteiger partial charge is 0.294 e. The summed E-state index contributed by atoms with van der Waals surface area (Å²) < 4.78 is 0. The lowest BCUT2D eigenvalue weighted by molar-refractivity contribution is 0.0894. The second-order valence-electron chi connectivity index (χ2n) is 7.47. The molecular formula is C27H28O2. The minimum absolute atomic E-state index is 0.101. The molecule has 0 bridgehead atoms. The summed E-state index contributed by atoms with van der Waals surface area (Å²) in [6.07, 6.45) is 6.13. The molecule has 3 aromatic rings. The topological polar surface area (TPSA) is 34.1 Å². The van der Waals surface area contributed by atoms with Crippen molar-refractivity contribution in [1.29, 1.82) is 0 Å². The number of rotatable bonds is 10. The quantitative estimate of drug-likeness (QED) is 0.216. The van der Waals surface area contributed by atoms with Gasteiger partial charge < -0.3 is 0 Å². The molecule has 0 amide bonds. The van der Waals surface area contributed by atoms with Gasteiger partial charge in [-0.1, -0.05) is 105 Å². The zero-order valence-electron chi connectivity index (χ0n) is 17.1. The molecule has 3 rings (SSSR count). The van der Waals surface area contributed by atoms with Crippen molar-refractivity contribution < 1.29 is 9.59 Å². The van der Waals surface area contributed by atoms with E-state index in [1.54, 1.807) is 12.1 Å². The molecule has 0 atom stereocenters. The van der Waals surface area contributed by atoms with Crippen LogP contribution in [-0.2, 0) is 6.42 Å². The minimum Gasteiger partial charge on any atom is -0.294 e. The van der Waals surface area contributed by atoms with Crippen molar-refractivity contribution in [2.75, 3.05) is 0 Å². The molecule has 0 radical (unpaired) electrons. The lowest BCUT2D eigenvalue weighted by Crippen LogP contribution is -2.08. The van der Waals surface area contributed by atoms with Crippen LogP contribution < -0.4 is 0 Å². The summed E-state index contributed by atoms with van der Waals surface area (Å²) in [5.41, 5.74) is 4.74. The first-order chi connectivity index (χ1) is 14.2. The Morgan fingerprint density at radius 1 is 0.621 bits per heavy atom. The maximum Gasteiger partial charge on any atom is 0.170 e. The fourth-order valence-corrected chi connectivity index (χ4v) is 3.44. The van der Waals surface area contributed by atoms with Gasteiger partial charge in [0, 0.05) is 11.1 Å². The molecule has 0 aliphatic heterocycles. The van der Waals surface area contributed by atoms with Crippen molar-refractivity contribution in [3.63, 3.8) is 0 Å². The predicted molar refractivity (Wildman–Crippen MR) is 119 cm³/mol. The van der Waals surface area contributed by atoms with Crippen LogP contribution in [0.1, 0.15) is 65.3 Å². The van der Waals surface area contributed by atoms with Crippen LogP contribution in [0.15, 0.2) is 78.9 Å². The Hall–Kier alpha value is -3.00. The average molecular weight is 385 g/mol. The van der Waals surface area contributed by atoms with E-state index in [0.29, 0.717) is 11.1 Å². The predicted octanol–water partition coefficient (Wildman–Crippen LogP) is 6.93. The number of Topliss-reactive ketones (excluding diaryl/α,β-unsaturated/α-hetero) is 2. The molecule has 0 N–H and O–H groups in total. The summed E-state index contributed by atoms with van der Waals surface area (Å²) in [7, 11) is 0. The van der Waals surface area contributed by atoms with Gasteiger partial charge in [0.2, 0.25) is 0 Å². The number of ketones is 2. The SMILES string of the molecule is CCCCCCc1ccc(-c2ccc(C(=O)CC(=O)c3ccccc3)cc2)cc1. The zero-order valence-corrected chi connectivity index (χ0v) is 17.1. The van der Waals surface area contributed by atoms with Crippen molar-refractivity contribution in [1.82, 2.24) is 0 Å². The van der Waals surface area contributed by atoms with Crippen LogP contribution in [0.5, 0.6) is 0 Å². The highest BCUT2D eigenvalue weighted by molar-refractivity contribution is 6.13. The van der Waals surface area contributed by atoms with Crippen molar-refractivity contribution in [3.8, 4) is 11.1 Å². The van der Waals surface area contributed by atoms with Crippen molar-refractivity contribution >= 4 is 11.6 Å². The van der Waals surface area contributed by atoms with E-state index < -0.39 is 0 Å². The fourth-order valence-electron chi connectivity index (χ4n) is 3.44. The number of carbonyl (C=O) groups excluding carboxylic acids is 2. The van der Waals surface area contributed by atoms with Crippen LogP contribution in [0.2, 0.25) is 0 Å². The van der Waals surface area contributed by atoms with Crippen LogP contribution >= 0.6 is 0 Å². The normalized spacial score (nSPS) is 10.7. The molecule has 0 aromatic heterocycles. The maximum atomic E-state index is 12.4.